The molecule has 7 heteroatoms. The molecule has 4 aliphatic rings. The number of aliphatic imine (C=N–C) groups is 1. The summed E-state index contributed by atoms with van der Waals surface area (Å²) in [6, 6.07) is 21.7. The number of methoxy groups -OCH3 is 1. The second-order valence-corrected chi connectivity index (χ2v) is 11.6. The van der Waals surface area contributed by atoms with Crippen LogP contribution in [0.2, 0.25) is 0 Å². The molecule has 3 aliphatic heterocycles. The van der Waals surface area contributed by atoms with E-state index in [0.717, 1.165) is 90.2 Å². The first-order chi connectivity index (χ1) is 20.0. The molecule has 0 radical (unpaired) electrons. The van der Waals surface area contributed by atoms with Gasteiger partial charge in [0.25, 0.3) is 0 Å². The molecule has 0 bridgehead atoms. The van der Waals surface area contributed by atoms with E-state index in [1.165, 1.54) is 5.56 Å². The molecule has 1 saturated heterocycles. The Morgan fingerprint density at radius 2 is 1.83 bits per heavy atom. The number of piperidine rings is 1. The number of para-hydroxylation sites is 2. The molecule has 3 heterocycles. The first-order valence-corrected chi connectivity index (χ1v) is 14.8. The smallest absolute Gasteiger partial charge is 0.232 e. The topological polar surface area (TPSA) is 67.0 Å². The van der Waals surface area contributed by atoms with Crippen molar-refractivity contribution >= 4 is 22.9 Å². The fourth-order valence-corrected chi connectivity index (χ4v) is 5.96. The van der Waals surface area contributed by atoms with E-state index in [4.69, 9.17) is 14.7 Å². The van der Waals surface area contributed by atoms with Crippen molar-refractivity contribution in [1.82, 2.24) is 14.5 Å². The number of ether oxygens (including phenoxy) is 1. The monoisotopic (exact) mass is 548 g/mol. The number of rotatable bonds is 7. The average molecular weight is 549 g/mol. The maximum atomic E-state index is 5.60. The van der Waals surface area contributed by atoms with Crippen LogP contribution in [-0.4, -0.2) is 53.5 Å². The van der Waals surface area contributed by atoms with Gasteiger partial charge in [-0.2, -0.15) is 0 Å². The number of allylic oxidation sites excluding steroid dienone is 1. The summed E-state index contributed by atoms with van der Waals surface area (Å²) in [7, 11) is 1.68. The van der Waals surface area contributed by atoms with Crippen LogP contribution >= 0.6 is 0 Å². The Hall–Kier alpha value is -3.97. The molecule has 0 amide bonds. The molecular weight excluding hydrogens is 508 g/mol. The minimum atomic E-state index is 0.276. The highest BCUT2D eigenvalue weighted by Crippen LogP contribution is 2.31. The number of likely N-dealkylation sites (tertiary alicyclic amines) is 1. The number of nitrogens with zero attached hydrogens (tertiary/aromatic N) is 5. The van der Waals surface area contributed by atoms with Gasteiger partial charge in [0.05, 0.1) is 52.3 Å². The van der Waals surface area contributed by atoms with Gasteiger partial charge in [0.2, 0.25) is 5.88 Å². The molecule has 2 aromatic rings. The third kappa shape index (κ3) is 5.91. The predicted octanol–water partition coefficient (Wildman–Crippen LogP) is 6.55. The van der Waals surface area contributed by atoms with Crippen molar-refractivity contribution in [3.8, 4) is 17.1 Å². The Kier molecular flexibility index (Phi) is 7.88. The van der Waals surface area contributed by atoms with Gasteiger partial charge in [-0.3, -0.25) is 4.99 Å². The molecule has 0 spiro atoms. The van der Waals surface area contributed by atoms with Crippen LogP contribution in [0.25, 0.3) is 28.1 Å². The summed E-state index contributed by atoms with van der Waals surface area (Å²) in [4.78, 5) is 17.6. The summed E-state index contributed by atoms with van der Waals surface area (Å²) < 4.78 is 7.92. The maximum absolute atomic E-state index is 5.60. The fourth-order valence-electron chi connectivity index (χ4n) is 5.96. The molecule has 1 N–H and O–H groups in total. The number of fused-ring (bicyclic) bond motifs is 2. The SMILES string of the molecule is COC1=C(Nc2cc3nc4ccccc4n(-c4ccc(C)cc4)c-3cc2=NC2CCN(CC(C)C)CC2)CCC=N1. The van der Waals surface area contributed by atoms with Gasteiger partial charge in [0.1, 0.15) is 0 Å². The quantitative estimate of drug-likeness (QED) is 0.266. The first kappa shape index (κ1) is 27.2. The normalized spacial score (nSPS) is 17.2. The van der Waals surface area contributed by atoms with Crippen LogP contribution in [0.4, 0.5) is 5.69 Å². The number of aromatic nitrogens is 2. The molecule has 0 saturated carbocycles. The van der Waals surface area contributed by atoms with Crippen molar-refractivity contribution < 1.29 is 4.74 Å². The molecule has 2 aromatic carbocycles. The zero-order chi connectivity index (χ0) is 28.3. The van der Waals surface area contributed by atoms with Crippen molar-refractivity contribution in [2.75, 3.05) is 32.1 Å². The maximum Gasteiger partial charge on any atom is 0.232 e. The van der Waals surface area contributed by atoms with Crippen LogP contribution in [0.3, 0.4) is 0 Å². The van der Waals surface area contributed by atoms with Crippen molar-refractivity contribution in [3.63, 3.8) is 0 Å². The second kappa shape index (κ2) is 11.9. The predicted molar refractivity (Wildman–Crippen MR) is 168 cm³/mol. The van der Waals surface area contributed by atoms with Crippen molar-refractivity contribution in [1.29, 1.82) is 0 Å². The lowest BCUT2D eigenvalue weighted by atomic mass is 10.0. The van der Waals surface area contributed by atoms with Crippen LogP contribution in [0, 0.1) is 12.8 Å². The molecule has 6 rings (SSSR count). The number of nitrogens with one attached hydrogen (secondary N) is 1. The second-order valence-electron chi connectivity index (χ2n) is 11.6. The zero-order valence-electron chi connectivity index (χ0n) is 24.6. The highest BCUT2D eigenvalue weighted by molar-refractivity contribution is 5.84. The lowest BCUT2D eigenvalue weighted by molar-refractivity contribution is 0.192. The summed E-state index contributed by atoms with van der Waals surface area (Å²) in [6.07, 6.45) is 5.76. The number of aryl methyl sites for hydroxylation is 1. The van der Waals surface area contributed by atoms with Crippen molar-refractivity contribution in [2.45, 2.75) is 52.5 Å². The summed E-state index contributed by atoms with van der Waals surface area (Å²) in [5.41, 5.74) is 8.25. The van der Waals surface area contributed by atoms with E-state index in [-0.39, 0.29) is 6.04 Å². The van der Waals surface area contributed by atoms with E-state index >= 15 is 0 Å². The fraction of sp³-hybridized carbons (Fsp3) is 0.382. The first-order valence-electron chi connectivity index (χ1n) is 14.8. The Balaban J connectivity index is 1.52. The Morgan fingerprint density at radius 1 is 1.05 bits per heavy atom. The van der Waals surface area contributed by atoms with Gasteiger partial charge in [-0.15, -0.1) is 0 Å². The van der Waals surface area contributed by atoms with E-state index in [2.05, 4.69) is 95.1 Å². The van der Waals surface area contributed by atoms with Gasteiger partial charge in [-0.25, -0.2) is 9.98 Å². The van der Waals surface area contributed by atoms with Gasteiger partial charge in [0.15, 0.2) is 0 Å². The Bertz CT molecular complexity index is 1620. The van der Waals surface area contributed by atoms with Gasteiger partial charge < -0.3 is 19.5 Å². The van der Waals surface area contributed by atoms with Crippen LogP contribution < -0.4 is 10.7 Å². The largest absolute Gasteiger partial charge is 0.480 e. The number of hydrogen-bond acceptors (Lipinski definition) is 6. The number of anilines is 1. The van der Waals surface area contributed by atoms with Crippen molar-refractivity contribution in [3.05, 3.63) is 83.2 Å². The molecule has 0 aromatic heterocycles. The van der Waals surface area contributed by atoms with Crippen molar-refractivity contribution in [2.24, 2.45) is 15.9 Å². The number of hydrogen-bond donors (Lipinski definition) is 1. The molecule has 212 valence electrons. The van der Waals surface area contributed by atoms with Gasteiger partial charge >= 0.3 is 0 Å². The molecule has 0 atom stereocenters. The van der Waals surface area contributed by atoms with Crippen LogP contribution in [-0.2, 0) is 4.74 Å². The van der Waals surface area contributed by atoms with E-state index in [9.17, 15) is 0 Å². The molecule has 7 nitrogen and oxygen atoms in total. The third-order valence-corrected chi connectivity index (χ3v) is 7.96. The standard InChI is InChI=1S/C34H40N6O/c1-23(2)22-39-18-15-25(16-19-39)36-30-21-33-31(20-29(30)38-28-9-7-17-35-34(28)41-4)37-27-8-5-6-10-32(27)40(33)26-13-11-24(3)12-14-26/h5-6,8,10-14,17,20-21,23,25,38H,7,9,15-16,18-19,22H2,1-4H3. The Labute approximate surface area is 242 Å². The molecule has 1 fully saturated rings. The van der Waals surface area contributed by atoms with Crippen LogP contribution in [0.1, 0.15) is 45.1 Å². The minimum Gasteiger partial charge on any atom is -0.480 e. The molecule has 1 aliphatic carbocycles. The Morgan fingerprint density at radius 3 is 2.59 bits per heavy atom. The van der Waals surface area contributed by atoms with E-state index in [1.54, 1.807) is 7.11 Å². The molecular formula is C34H40N6O. The minimum absolute atomic E-state index is 0.276. The average Bonchev–Trinajstić information content (AvgIpc) is 2.98. The highest BCUT2D eigenvalue weighted by atomic mass is 16.5. The van der Waals surface area contributed by atoms with Gasteiger partial charge in [-0.1, -0.05) is 43.7 Å². The van der Waals surface area contributed by atoms with Crippen LogP contribution in [0.5, 0.6) is 0 Å². The molecule has 0 unspecified atom stereocenters. The zero-order valence-corrected chi connectivity index (χ0v) is 24.6. The lowest BCUT2D eigenvalue weighted by Crippen LogP contribution is -2.38. The number of benzene rings is 3. The van der Waals surface area contributed by atoms with E-state index in [0.29, 0.717) is 11.8 Å². The summed E-state index contributed by atoms with van der Waals surface area (Å²) in [5.74, 6) is 1.31. The van der Waals surface area contributed by atoms with Gasteiger partial charge in [-0.05, 0) is 74.9 Å². The molecule has 41 heavy (non-hydrogen) atoms. The van der Waals surface area contributed by atoms with E-state index in [1.807, 2.05) is 12.3 Å². The van der Waals surface area contributed by atoms with E-state index < -0.39 is 0 Å². The summed E-state index contributed by atoms with van der Waals surface area (Å²) >= 11 is 0. The third-order valence-electron chi connectivity index (χ3n) is 7.96. The summed E-state index contributed by atoms with van der Waals surface area (Å²) in [6.45, 7) is 10.0. The summed E-state index contributed by atoms with van der Waals surface area (Å²) in [5, 5.41) is 4.62. The highest BCUT2D eigenvalue weighted by Gasteiger charge is 2.22. The van der Waals surface area contributed by atoms with Crippen LogP contribution in [0.15, 0.2) is 82.2 Å². The van der Waals surface area contributed by atoms with Gasteiger partial charge in [0, 0.05) is 31.5 Å². The lowest BCUT2D eigenvalue weighted by Gasteiger charge is -2.31.